The molecule has 3 amide bonds. The van der Waals surface area contributed by atoms with Crippen LogP contribution in [0.4, 0.5) is 0 Å². The number of carboxylic acid groups (broad SMARTS) is 1. The van der Waals surface area contributed by atoms with Crippen LogP contribution in [-0.2, 0) is 32.0 Å². The second kappa shape index (κ2) is 18.0. The predicted molar refractivity (Wildman–Crippen MR) is 158 cm³/mol. The lowest BCUT2D eigenvalue weighted by Gasteiger charge is -2.25. The number of aliphatic carboxylic acids is 1. The SMILES string of the molecule is NCCCCC(N)C(=O)NC(CCCN=C(N)N)C(=O)NC(Cc1cnc[nH]1)C(=O)NC(Cc1ccc(O)cc1)C(=O)O. The first-order valence-electron chi connectivity index (χ1n) is 13.9. The highest BCUT2D eigenvalue weighted by Crippen LogP contribution is 2.12. The monoisotopic (exact) mass is 602 g/mol. The van der Waals surface area contributed by atoms with Gasteiger partial charge in [0.15, 0.2) is 5.96 Å². The van der Waals surface area contributed by atoms with Crippen LogP contribution in [0, 0.1) is 0 Å². The lowest BCUT2D eigenvalue weighted by atomic mass is 10.0. The molecule has 0 radical (unpaired) electrons. The van der Waals surface area contributed by atoms with Gasteiger partial charge in [-0.25, -0.2) is 9.78 Å². The zero-order valence-corrected chi connectivity index (χ0v) is 23.9. The van der Waals surface area contributed by atoms with Crippen LogP contribution >= 0.6 is 0 Å². The van der Waals surface area contributed by atoms with Crippen LogP contribution in [-0.4, -0.2) is 87.1 Å². The number of phenolic OH excluding ortho intramolecular Hbond substituents is 1. The highest BCUT2D eigenvalue weighted by Gasteiger charge is 2.31. The molecule has 0 aliphatic carbocycles. The van der Waals surface area contributed by atoms with Gasteiger partial charge >= 0.3 is 5.97 Å². The van der Waals surface area contributed by atoms with Crippen molar-refractivity contribution in [3.05, 3.63) is 48.0 Å². The second-order valence-electron chi connectivity index (χ2n) is 10.0. The molecule has 0 aliphatic heterocycles. The Morgan fingerprint density at radius 3 is 2.14 bits per heavy atom. The third-order valence-corrected chi connectivity index (χ3v) is 6.49. The van der Waals surface area contributed by atoms with Gasteiger partial charge in [0.05, 0.1) is 12.4 Å². The van der Waals surface area contributed by atoms with E-state index in [2.05, 4.69) is 30.9 Å². The Bertz CT molecular complexity index is 1200. The van der Waals surface area contributed by atoms with E-state index in [1.165, 1.54) is 36.8 Å². The number of carbonyl (C=O) groups excluding carboxylic acids is 3. The summed E-state index contributed by atoms with van der Waals surface area (Å²) in [5, 5.41) is 27.0. The lowest BCUT2D eigenvalue weighted by molar-refractivity contribution is -0.142. The maximum Gasteiger partial charge on any atom is 0.326 e. The van der Waals surface area contributed by atoms with Gasteiger partial charge in [0.1, 0.15) is 23.9 Å². The van der Waals surface area contributed by atoms with E-state index in [9.17, 15) is 29.4 Å². The number of imidazole rings is 1. The maximum absolute atomic E-state index is 13.5. The number of guanidine groups is 1. The van der Waals surface area contributed by atoms with E-state index in [4.69, 9.17) is 22.9 Å². The molecule has 0 aliphatic rings. The van der Waals surface area contributed by atoms with Crippen molar-refractivity contribution in [3.63, 3.8) is 0 Å². The molecule has 4 atom stereocenters. The van der Waals surface area contributed by atoms with Crippen molar-refractivity contribution in [2.45, 2.75) is 69.1 Å². The largest absolute Gasteiger partial charge is 0.508 e. The Morgan fingerprint density at radius 2 is 1.53 bits per heavy atom. The zero-order valence-electron chi connectivity index (χ0n) is 23.9. The molecular formula is C27H42N10O6. The Hall–Kier alpha value is -4.70. The van der Waals surface area contributed by atoms with Gasteiger partial charge in [-0.05, 0) is 49.9 Å². The lowest BCUT2D eigenvalue weighted by Crippen LogP contribution is -2.57. The highest BCUT2D eigenvalue weighted by molar-refractivity contribution is 5.94. The first-order valence-corrected chi connectivity index (χ1v) is 13.9. The number of amides is 3. The van der Waals surface area contributed by atoms with E-state index in [1.54, 1.807) is 0 Å². The standard InChI is InChI=1S/C27H42N10O6/c28-10-2-1-4-19(29)23(39)35-20(5-3-11-33-27(30)31)24(40)36-21(13-17-14-32-15-34-17)25(41)37-22(26(42)43)12-16-6-8-18(38)9-7-16/h6-9,14-15,19-22,38H,1-5,10-13,28-29H2,(H,32,34)(H,35,39)(H,36,40)(H,37,41)(H,42,43)(H4,30,31,33). The zero-order chi connectivity index (χ0) is 31.8. The molecule has 1 aromatic heterocycles. The second-order valence-corrected chi connectivity index (χ2v) is 10.0. The molecule has 0 spiro atoms. The highest BCUT2D eigenvalue weighted by atomic mass is 16.4. The van der Waals surface area contributed by atoms with Gasteiger partial charge in [0, 0.05) is 31.3 Å². The molecule has 0 saturated heterocycles. The number of aliphatic imine (C=N–C) groups is 1. The van der Waals surface area contributed by atoms with Crippen LogP contribution in [0.5, 0.6) is 5.75 Å². The summed E-state index contributed by atoms with van der Waals surface area (Å²) in [7, 11) is 0. The molecule has 2 rings (SSSR count). The van der Waals surface area contributed by atoms with Crippen molar-refractivity contribution in [3.8, 4) is 5.75 Å². The minimum Gasteiger partial charge on any atom is -0.508 e. The molecule has 16 heteroatoms. The molecule has 2 aromatic rings. The number of carboxylic acids is 1. The van der Waals surface area contributed by atoms with Crippen LogP contribution in [0.15, 0.2) is 41.8 Å². The summed E-state index contributed by atoms with van der Waals surface area (Å²) in [5.41, 5.74) is 23.3. The number of nitrogens with two attached hydrogens (primary N) is 4. The summed E-state index contributed by atoms with van der Waals surface area (Å²) in [6.45, 7) is 0.655. The Morgan fingerprint density at radius 1 is 0.884 bits per heavy atom. The smallest absolute Gasteiger partial charge is 0.326 e. The van der Waals surface area contributed by atoms with E-state index in [1.807, 2.05) is 0 Å². The summed E-state index contributed by atoms with van der Waals surface area (Å²) in [4.78, 5) is 62.3. The summed E-state index contributed by atoms with van der Waals surface area (Å²) < 4.78 is 0. The molecule has 0 saturated carbocycles. The van der Waals surface area contributed by atoms with Crippen LogP contribution in [0.2, 0.25) is 0 Å². The van der Waals surface area contributed by atoms with Gasteiger partial charge < -0.3 is 54.1 Å². The average Bonchev–Trinajstić information content (AvgIpc) is 3.48. The van der Waals surface area contributed by atoms with Crippen LogP contribution in [0.1, 0.15) is 43.4 Å². The summed E-state index contributed by atoms with van der Waals surface area (Å²) >= 11 is 0. The van der Waals surface area contributed by atoms with E-state index < -0.39 is 47.9 Å². The van der Waals surface area contributed by atoms with E-state index >= 15 is 0 Å². The minimum atomic E-state index is -1.33. The quantitative estimate of drug-likeness (QED) is 0.0474. The van der Waals surface area contributed by atoms with Crippen molar-refractivity contribution in [2.24, 2.45) is 27.9 Å². The molecule has 1 heterocycles. The predicted octanol–water partition coefficient (Wildman–Crippen LogP) is -2.05. The van der Waals surface area contributed by atoms with Crippen molar-refractivity contribution in [1.82, 2.24) is 25.9 Å². The first-order chi connectivity index (χ1) is 20.5. The number of carbonyl (C=O) groups is 4. The Balaban J connectivity index is 2.21. The number of unbranched alkanes of at least 4 members (excludes halogenated alkanes) is 1. The Labute approximate surface area is 249 Å². The number of phenols is 1. The maximum atomic E-state index is 13.5. The van der Waals surface area contributed by atoms with Crippen molar-refractivity contribution < 1.29 is 29.4 Å². The number of benzene rings is 1. The molecule has 14 N–H and O–H groups in total. The summed E-state index contributed by atoms with van der Waals surface area (Å²) in [6, 6.07) is 1.36. The number of rotatable bonds is 19. The summed E-state index contributed by atoms with van der Waals surface area (Å²) in [5.74, 6) is -3.40. The van der Waals surface area contributed by atoms with Gasteiger partial charge in [-0.1, -0.05) is 18.6 Å². The van der Waals surface area contributed by atoms with Crippen LogP contribution < -0.4 is 38.9 Å². The fraction of sp³-hybridized carbons (Fsp3) is 0.481. The summed E-state index contributed by atoms with van der Waals surface area (Å²) in [6.07, 6.45) is 4.89. The number of aromatic nitrogens is 2. The number of hydrogen-bond acceptors (Lipinski definition) is 9. The molecular weight excluding hydrogens is 560 g/mol. The molecule has 1 aromatic carbocycles. The van der Waals surface area contributed by atoms with E-state index in [0.717, 1.165) is 0 Å². The third kappa shape index (κ3) is 12.8. The molecule has 0 bridgehead atoms. The minimum absolute atomic E-state index is 0.0125. The number of hydrogen-bond donors (Lipinski definition) is 10. The number of nitrogens with zero attached hydrogens (tertiary/aromatic N) is 2. The normalized spacial score (nSPS) is 13.6. The van der Waals surface area contributed by atoms with Gasteiger partial charge in [-0.15, -0.1) is 0 Å². The fourth-order valence-electron chi connectivity index (χ4n) is 4.13. The molecule has 16 nitrogen and oxygen atoms in total. The topological polar surface area (TPSA) is 290 Å². The number of nitrogens with one attached hydrogen (secondary N) is 4. The van der Waals surface area contributed by atoms with E-state index in [-0.39, 0.29) is 37.5 Å². The molecule has 4 unspecified atom stereocenters. The van der Waals surface area contributed by atoms with Crippen molar-refractivity contribution in [1.29, 1.82) is 0 Å². The van der Waals surface area contributed by atoms with Gasteiger partial charge in [0.25, 0.3) is 0 Å². The number of H-pyrrole nitrogens is 1. The number of aromatic hydroxyl groups is 1. The Kier molecular flexibility index (Phi) is 14.4. The van der Waals surface area contributed by atoms with Crippen molar-refractivity contribution >= 4 is 29.7 Å². The van der Waals surface area contributed by atoms with Gasteiger partial charge in [-0.2, -0.15) is 0 Å². The van der Waals surface area contributed by atoms with Gasteiger partial charge in [-0.3, -0.25) is 19.4 Å². The van der Waals surface area contributed by atoms with Crippen molar-refractivity contribution in [2.75, 3.05) is 13.1 Å². The molecule has 0 fully saturated rings. The third-order valence-electron chi connectivity index (χ3n) is 6.49. The van der Waals surface area contributed by atoms with E-state index in [0.29, 0.717) is 43.5 Å². The molecule has 236 valence electrons. The number of aromatic amines is 1. The van der Waals surface area contributed by atoms with Crippen LogP contribution in [0.3, 0.4) is 0 Å². The molecule has 43 heavy (non-hydrogen) atoms. The van der Waals surface area contributed by atoms with Gasteiger partial charge in [0.2, 0.25) is 17.7 Å². The fourth-order valence-corrected chi connectivity index (χ4v) is 4.13. The first kappa shape index (κ1) is 34.5. The van der Waals surface area contributed by atoms with Crippen LogP contribution in [0.25, 0.3) is 0 Å². The average molecular weight is 603 g/mol.